The third-order valence-electron chi connectivity index (χ3n) is 6.91. The average molecular weight is 525 g/mol. The third-order valence-corrected chi connectivity index (χ3v) is 6.91. The lowest BCUT2D eigenvalue weighted by Crippen LogP contribution is -2.56. The predicted octanol–water partition coefficient (Wildman–Crippen LogP) is 3.26. The molecule has 0 saturated carbocycles. The molecule has 2 aliphatic rings. The molecule has 10 heteroatoms. The number of carbonyl (C=O) groups is 4. The average Bonchev–Trinajstić information content (AvgIpc) is 3.23. The highest BCUT2D eigenvalue weighted by atomic mass is 16.6. The van der Waals surface area contributed by atoms with E-state index in [-0.39, 0.29) is 24.8 Å². The minimum absolute atomic E-state index is 0.256. The Labute approximate surface area is 222 Å². The van der Waals surface area contributed by atoms with Crippen LogP contribution in [0, 0.1) is 0 Å². The standard InChI is InChI=1S/C28H36N4O6/c1-17(31(5)27(36)38-28(2,3)4)24(33)30-21-15-16-37-23-14-13-22(32(23)26(21)35)25(34)29-20-12-8-10-18-9-6-7-11-19(18)20/h6-12,17,21-23H,13-16H2,1-5H3,(H,29,34)(H,30,33)/t17-,21-,22?,23-/m0/s1. The van der Waals surface area contributed by atoms with Crippen molar-refractivity contribution in [1.82, 2.24) is 15.1 Å². The summed E-state index contributed by atoms with van der Waals surface area (Å²) in [5.41, 5.74) is -0.0358. The molecule has 204 valence electrons. The first-order valence-corrected chi connectivity index (χ1v) is 12.9. The maximum atomic E-state index is 13.6. The molecule has 0 aliphatic carbocycles. The Bertz CT molecular complexity index is 1220. The summed E-state index contributed by atoms with van der Waals surface area (Å²) in [6.07, 6.45) is 0.0662. The molecule has 4 rings (SSSR count). The van der Waals surface area contributed by atoms with Crippen LogP contribution < -0.4 is 10.6 Å². The molecule has 0 spiro atoms. The van der Waals surface area contributed by atoms with Gasteiger partial charge in [-0.3, -0.25) is 19.3 Å². The molecular weight excluding hydrogens is 488 g/mol. The number of ether oxygens (including phenoxy) is 2. The van der Waals surface area contributed by atoms with Gasteiger partial charge in [-0.2, -0.15) is 0 Å². The van der Waals surface area contributed by atoms with Crippen molar-refractivity contribution in [3.05, 3.63) is 42.5 Å². The van der Waals surface area contributed by atoms with Crippen LogP contribution in [0.3, 0.4) is 0 Å². The fourth-order valence-electron chi connectivity index (χ4n) is 4.77. The Morgan fingerprint density at radius 3 is 2.53 bits per heavy atom. The van der Waals surface area contributed by atoms with Gasteiger partial charge in [0.15, 0.2) is 0 Å². The SMILES string of the molecule is C[C@@H](C(=O)N[C@H]1CCO[C@H]2CCC(C(=O)Nc3cccc4ccccc34)N2C1=O)N(C)C(=O)OC(C)(C)C. The van der Waals surface area contributed by atoms with Crippen LogP contribution in [0.2, 0.25) is 0 Å². The molecule has 2 aromatic carbocycles. The van der Waals surface area contributed by atoms with Gasteiger partial charge in [-0.15, -0.1) is 0 Å². The molecule has 10 nitrogen and oxygen atoms in total. The van der Waals surface area contributed by atoms with Crippen LogP contribution >= 0.6 is 0 Å². The van der Waals surface area contributed by atoms with Crippen molar-refractivity contribution in [2.45, 2.75) is 76.9 Å². The molecule has 1 unspecified atom stereocenters. The highest BCUT2D eigenvalue weighted by Crippen LogP contribution is 2.31. The van der Waals surface area contributed by atoms with Gasteiger partial charge in [0.2, 0.25) is 17.7 Å². The molecule has 2 heterocycles. The van der Waals surface area contributed by atoms with E-state index in [1.165, 1.54) is 16.8 Å². The second kappa shape index (κ2) is 11.0. The van der Waals surface area contributed by atoms with Crippen LogP contribution in [0.15, 0.2) is 42.5 Å². The fourth-order valence-corrected chi connectivity index (χ4v) is 4.77. The summed E-state index contributed by atoms with van der Waals surface area (Å²) in [7, 11) is 1.47. The number of carbonyl (C=O) groups excluding carboxylic acids is 4. The number of benzene rings is 2. The first kappa shape index (κ1) is 27.4. The molecule has 0 bridgehead atoms. The zero-order valence-corrected chi connectivity index (χ0v) is 22.5. The Hall–Kier alpha value is -3.66. The van der Waals surface area contributed by atoms with E-state index in [0.29, 0.717) is 18.5 Å². The number of fused-ring (bicyclic) bond motifs is 2. The molecule has 38 heavy (non-hydrogen) atoms. The predicted molar refractivity (Wildman–Crippen MR) is 142 cm³/mol. The number of hydrogen-bond donors (Lipinski definition) is 2. The van der Waals surface area contributed by atoms with Gasteiger partial charge in [0.05, 0.1) is 6.61 Å². The third kappa shape index (κ3) is 5.91. The maximum Gasteiger partial charge on any atom is 0.410 e. The zero-order chi connectivity index (χ0) is 27.6. The first-order valence-electron chi connectivity index (χ1n) is 12.9. The van der Waals surface area contributed by atoms with Crippen molar-refractivity contribution in [3.63, 3.8) is 0 Å². The molecule has 2 N–H and O–H groups in total. The Morgan fingerprint density at radius 1 is 1.08 bits per heavy atom. The molecule has 0 radical (unpaired) electrons. The second-order valence-electron chi connectivity index (χ2n) is 10.8. The van der Waals surface area contributed by atoms with Gasteiger partial charge < -0.3 is 25.0 Å². The number of likely N-dealkylation sites (N-methyl/N-ethyl adjacent to an activating group) is 1. The smallest absolute Gasteiger partial charge is 0.410 e. The van der Waals surface area contributed by atoms with E-state index in [2.05, 4.69) is 10.6 Å². The quantitative estimate of drug-likeness (QED) is 0.620. The summed E-state index contributed by atoms with van der Waals surface area (Å²) in [6, 6.07) is 10.9. The summed E-state index contributed by atoms with van der Waals surface area (Å²) in [5, 5.41) is 7.65. The monoisotopic (exact) mass is 524 g/mol. The molecule has 2 saturated heterocycles. The largest absolute Gasteiger partial charge is 0.444 e. The fraction of sp³-hybridized carbons (Fsp3) is 0.500. The van der Waals surface area contributed by atoms with Crippen molar-refractivity contribution in [3.8, 4) is 0 Å². The lowest BCUT2D eigenvalue weighted by Gasteiger charge is -2.31. The van der Waals surface area contributed by atoms with E-state index in [4.69, 9.17) is 9.47 Å². The number of anilines is 1. The van der Waals surface area contributed by atoms with Gasteiger partial charge in [-0.05, 0) is 52.0 Å². The van der Waals surface area contributed by atoms with Crippen molar-refractivity contribution >= 4 is 40.3 Å². The van der Waals surface area contributed by atoms with E-state index in [0.717, 1.165) is 10.8 Å². The van der Waals surface area contributed by atoms with Gasteiger partial charge in [0.25, 0.3) is 0 Å². The molecule has 4 amide bonds. The Morgan fingerprint density at radius 2 is 1.79 bits per heavy atom. The Balaban J connectivity index is 1.45. The number of nitrogens with zero attached hydrogens (tertiary/aromatic N) is 2. The van der Waals surface area contributed by atoms with Crippen LogP contribution in [-0.2, 0) is 23.9 Å². The van der Waals surface area contributed by atoms with Gasteiger partial charge in [0, 0.05) is 24.5 Å². The van der Waals surface area contributed by atoms with Gasteiger partial charge in [-0.1, -0.05) is 36.4 Å². The molecule has 0 aromatic heterocycles. The zero-order valence-electron chi connectivity index (χ0n) is 22.5. The second-order valence-corrected chi connectivity index (χ2v) is 10.8. The van der Waals surface area contributed by atoms with Crippen LogP contribution in [0.1, 0.15) is 47.0 Å². The number of hydrogen-bond acceptors (Lipinski definition) is 6. The summed E-state index contributed by atoms with van der Waals surface area (Å²) < 4.78 is 11.2. The molecular formula is C28H36N4O6. The summed E-state index contributed by atoms with van der Waals surface area (Å²) in [5.74, 6) is -1.17. The molecule has 2 fully saturated rings. The van der Waals surface area contributed by atoms with E-state index in [1.807, 2.05) is 42.5 Å². The topological polar surface area (TPSA) is 117 Å². The van der Waals surface area contributed by atoms with Crippen LogP contribution in [0.25, 0.3) is 10.8 Å². The maximum absolute atomic E-state index is 13.6. The molecule has 2 aromatic rings. The number of amides is 4. The van der Waals surface area contributed by atoms with Crippen LogP contribution in [-0.4, -0.2) is 77.2 Å². The van der Waals surface area contributed by atoms with Crippen molar-refractivity contribution < 1.29 is 28.7 Å². The lowest BCUT2D eigenvalue weighted by molar-refractivity contribution is -0.147. The molecule has 2 aliphatic heterocycles. The minimum atomic E-state index is -0.882. The Kier molecular flexibility index (Phi) is 7.91. The van der Waals surface area contributed by atoms with E-state index < -0.39 is 42.0 Å². The molecule has 4 atom stereocenters. The van der Waals surface area contributed by atoms with E-state index >= 15 is 0 Å². The van der Waals surface area contributed by atoms with Crippen molar-refractivity contribution in [2.24, 2.45) is 0 Å². The van der Waals surface area contributed by atoms with Crippen LogP contribution in [0.5, 0.6) is 0 Å². The van der Waals surface area contributed by atoms with Crippen LogP contribution in [0.4, 0.5) is 10.5 Å². The van der Waals surface area contributed by atoms with Gasteiger partial charge in [-0.25, -0.2) is 4.79 Å². The lowest BCUT2D eigenvalue weighted by atomic mass is 10.1. The summed E-state index contributed by atoms with van der Waals surface area (Å²) >= 11 is 0. The van der Waals surface area contributed by atoms with E-state index in [9.17, 15) is 19.2 Å². The van der Waals surface area contributed by atoms with Crippen molar-refractivity contribution in [2.75, 3.05) is 19.0 Å². The van der Waals surface area contributed by atoms with Gasteiger partial charge >= 0.3 is 6.09 Å². The van der Waals surface area contributed by atoms with Gasteiger partial charge in [0.1, 0.15) is 30.0 Å². The minimum Gasteiger partial charge on any atom is -0.444 e. The highest BCUT2D eigenvalue weighted by molar-refractivity contribution is 6.05. The number of rotatable bonds is 5. The highest BCUT2D eigenvalue weighted by Gasteiger charge is 2.46. The normalized spacial score (nSPS) is 22.3. The number of nitrogens with one attached hydrogen (secondary N) is 2. The van der Waals surface area contributed by atoms with Crippen molar-refractivity contribution in [1.29, 1.82) is 0 Å². The summed E-state index contributed by atoms with van der Waals surface area (Å²) in [4.78, 5) is 55.0. The first-order chi connectivity index (χ1) is 18.0. The summed E-state index contributed by atoms with van der Waals surface area (Å²) in [6.45, 7) is 7.05. The van der Waals surface area contributed by atoms with E-state index in [1.54, 1.807) is 27.7 Å².